The summed E-state index contributed by atoms with van der Waals surface area (Å²) in [4.78, 5) is 20.4. The lowest BCUT2D eigenvalue weighted by atomic mass is 9.78. The van der Waals surface area contributed by atoms with Gasteiger partial charge in [-0.15, -0.1) is 12.4 Å². The zero-order chi connectivity index (χ0) is 24.6. The van der Waals surface area contributed by atoms with Crippen LogP contribution < -0.4 is 10.2 Å². The molecule has 5 rings (SSSR count). The molecule has 0 bridgehead atoms. The number of nitrogens with one attached hydrogen (secondary N) is 1. The van der Waals surface area contributed by atoms with Crippen molar-refractivity contribution < 1.29 is 27.1 Å². The van der Waals surface area contributed by atoms with Crippen LogP contribution in [0.25, 0.3) is 5.69 Å². The normalized spacial score (nSPS) is 21.8. The lowest BCUT2D eigenvalue weighted by Gasteiger charge is -2.35. The second-order valence-corrected chi connectivity index (χ2v) is 8.82. The van der Waals surface area contributed by atoms with Crippen LogP contribution in [0.3, 0.4) is 0 Å². The van der Waals surface area contributed by atoms with Gasteiger partial charge in [0.1, 0.15) is 22.9 Å². The Morgan fingerprint density at radius 3 is 2.47 bits per heavy atom. The van der Waals surface area contributed by atoms with Gasteiger partial charge in [-0.25, -0.2) is 23.8 Å². The zero-order valence-corrected chi connectivity index (χ0v) is 19.7. The largest absolute Gasteiger partial charge is 0.451 e. The number of aromatic nitrogens is 4. The van der Waals surface area contributed by atoms with E-state index in [0.717, 1.165) is 25.2 Å². The number of halogens is 5. The molecule has 1 saturated carbocycles. The van der Waals surface area contributed by atoms with Gasteiger partial charge in [0, 0.05) is 18.8 Å². The Morgan fingerprint density at radius 2 is 1.81 bits per heavy atom. The maximum atomic E-state index is 14.0. The Labute approximate surface area is 210 Å². The van der Waals surface area contributed by atoms with Gasteiger partial charge in [0.15, 0.2) is 0 Å². The third-order valence-electron chi connectivity index (χ3n) is 6.45. The SMILES string of the molecule is Cl.O=C1OC2(CCC(CNc3ccn(-c4ccccc4F)n3)CC2)CN1c1cnc(C(F)(F)F)nc1. The van der Waals surface area contributed by atoms with Gasteiger partial charge < -0.3 is 10.1 Å². The molecule has 3 heterocycles. The van der Waals surface area contributed by atoms with Crippen LogP contribution >= 0.6 is 12.4 Å². The monoisotopic (exact) mass is 526 g/mol. The van der Waals surface area contributed by atoms with Gasteiger partial charge in [0.05, 0.1) is 24.6 Å². The highest BCUT2D eigenvalue weighted by molar-refractivity contribution is 5.89. The fraction of sp³-hybridized carbons (Fsp3) is 0.391. The van der Waals surface area contributed by atoms with E-state index in [0.29, 0.717) is 36.8 Å². The molecule has 2 aliphatic rings. The van der Waals surface area contributed by atoms with E-state index in [1.807, 2.05) is 0 Å². The van der Waals surface area contributed by atoms with Gasteiger partial charge in [0.25, 0.3) is 0 Å². The Hall–Kier alpha value is -3.41. The number of para-hydroxylation sites is 1. The molecule has 2 fully saturated rings. The Morgan fingerprint density at radius 1 is 1.11 bits per heavy atom. The summed E-state index contributed by atoms with van der Waals surface area (Å²) in [6.07, 6.45) is 1.28. The molecule has 13 heteroatoms. The highest BCUT2D eigenvalue weighted by atomic mass is 35.5. The average molecular weight is 527 g/mol. The van der Waals surface area contributed by atoms with Crippen LogP contribution in [-0.2, 0) is 10.9 Å². The smallest absolute Gasteiger partial charge is 0.441 e. The highest BCUT2D eigenvalue weighted by Crippen LogP contribution is 2.41. The van der Waals surface area contributed by atoms with Gasteiger partial charge >= 0.3 is 12.3 Å². The molecule has 1 spiro atoms. The standard InChI is InChI=1S/C23H22F4N6O2.ClH/c24-17-3-1-2-4-18(17)33-10-7-19(31-33)28-11-15-5-8-22(9-6-15)14-32(21(34)35-22)16-12-29-20(30-13-16)23(25,26)27;/h1-4,7,10,12-13,15H,5-6,8-9,11,14H2,(H,28,31);1H. The number of rotatable bonds is 5. The maximum absolute atomic E-state index is 14.0. The van der Waals surface area contributed by atoms with Gasteiger partial charge in [-0.3, -0.25) is 4.90 Å². The number of amides is 1. The quantitative estimate of drug-likeness (QED) is 0.458. The molecule has 192 valence electrons. The highest BCUT2D eigenvalue weighted by Gasteiger charge is 2.48. The molecule has 1 N–H and O–H groups in total. The summed E-state index contributed by atoms with van der Waals surface area (Å²) in [6, 6.07) is 8.17. The minimum atomic E-state index is -4.65. The first-order chi connectivity index (χ1) is 16.7. The average Bonchev–Trinajstić information content (AvgIpc) is 3.43. The van der Waals surface area contributed by atoms with Crippen LogP contribution in [0.15, 0.2) is 48.9 Å². The van der Waals surface area contributed by atoms with E-state index in [1.54, 1.807) is 30.5 Å². The summed E-state index contributed by atoms with van der Waals surface area (Å²) in [6.45, 7) is 0.905. The third-order valence-corrected chi connectivity index (χ3v) is 6.45. The van der Waals surface area contributed by atoms with Gasteiger partial charge in [-0.1, -0.05) is 12.1 Å². The molecule has 1 aliphatic carbocycles. The van der Waals surface area contributed by atoms with Gasteiger partial charge in [-0.2, -0.15) is 18.3 Å². The van der Waals surface area contributed by atoms with Crippen LogP contribution in [0.1, 0.15) is 31.5 Å². The van der Waals surface area contributed by atoms with Crippen molar-refractivity contribution in [1.82, 2.24) is 19.7 Å². The third kappa shape index (κ3) is 5.23. The minimum Gasteiger partial charge on any atom is -0.441 e. The molecule has 0 radical (unpaired) electrons. The Bertz CT molecular complexity index is 1210. The zero-order valence-electron chi connectivity index (χ0n) is 18.9. The van der Waals surface area contributed by atoms with E-state index in [-0.39, 0.29) is 30.5 Å². The lowest BCUT2D eigenvalue weighted by molar-refractivity contribution is -0.144. The van der Waals surface area contributed by atoms with Crippen molar-refractivity contribution >= 4 is 30.0 Å². The van der Waals surface area contributed by atoms with Crippen LogP contribution in [0.5, 0.6) is 0 Å². The topological polar surface area (TPSA) is 85.2 Å². The predicted octanol–water partition coefficient (Wildman–Crippen LogP) is 5.24. The summed E-state index contributed by atoms with van der Waals surface area (Å²) < 4.78 is 59.2. The molecule has 3 aromatic rings. The van der Waals surface area contributed by atoms with Crippen LogP contribution in [0.4, 0.5) is 33.9 Å². The Kier molecular flexibility index (Phi) is 7.07. The van der Waals surface area contributed by atoms with Crippen molar-refractivity contribution in [3.63, 3.8) is 0 Å². The van der Waals surface area contributed by atoms with Crippen molar-refractivity contribution in [1.29, 1.82) is 0 Å². The molecule has 1 aliphatic heterocycles. The first kappa shape index (κ1) is 25.7. The number of hydrogen-bond donors (Lipinski definition) is 1. The van der Waals surface area contributed by atoms with Crippen LogP contribution in [0, 0.1) is 11.7 Å². The van der Waals surface area contributed by atoms with E-state index >= 15 is 0 Å². The number of carbonyl (C=O) groups is 1. The number of nitrogens with zero attached hydrogens (tertiary/aromatic N) is 5. The van der Waals surface area contributed by atoms with Crippen molar-refractivity contribution in [2.45, 2.75) is 37.5 Å². The number of ether oxygens (including phenoxy) is 1. The summed E-state index contributed by atoms with van der Waals surface area (Å²) in [5.74, 6) is -0.659. The van der Waals surface area contributed by atoms with Crippen molar-refractivity contribution in [3.8, 4) is 5.69 Å². The first-order valence-corrected chi connectivity index (χ1v) is 11.2. The molecule has 2 aromatic heterocycles. The lowest BCUT2D eigenvalue weighted by Crippen LogP contribution is -2.39. The molecule has 0 atom stereocenters. The second kappa shape index (κ2) is 9.92. The molecular formula is C23H23ClF4N6O2. The summed E-state index contributed by atoms with van der Waals surface area (Å²) >= 11 is 0. The van der Waals surface area contributed by atoms with E-state index in [9.17, 15) is 22.4 Å². The molecule has 36 heavy (non-hydrogen) atoms. The summed E-state index contributed by atoms with van der Waals surface area (Å²) in [7, 11) is 0. The van der Waals surface area contributed by atoms with E-state index < -0.39 is 23.7 Å². The fourth-order valence-corrected chi connectivity index (χ4v) is 4.54. The van der Waals surface area contributed by atoms with Crippen LogP contribution in [0.2, 0.25) is 0 Å². The summed E-state index contributed by atoms with van der Waals surface area (Å²) in [5.41, 5.74) is -0.136. The van der Waals surface area contributed by atoms with E-state index in [1.165, 1.54) is 15.6 Å². The van der Waals surface area contributed by atoms with Crippen molar-refractivity contribution in [2.75, 3.05) is 23.3 Å². The molecular weight excluding hydrogens is 504 g/mol. The predicted molar refractivity (Wildman–Crippen MR) is 125 cm³/mol. The Balaban J connectivity index is 0.00000304. The van der Waals surface area contributed by atoms with Crippen molar-refractivity contribution in [2.24, 2.45) is 5.92 Å². The number of carbonyl (C=O) groups excluding carboxylic acids is 1. The molecule has 0 unspecified atom stereocenters. The maximum Gasteiger partial charge on any atom is 0.451 e. The molecule has 1 saturated heterocycles. The van der Waals surface area contributed by atoms with E-state index in [2.05, 4.69) is 20.4 Å². The van der Waals surface area contributed by atoms with Crippen molar-refractivity contribution in [3.05, 3.63) is 60.6 Å². The minimum absolute atomic E-state index is 0. The molecule has 8 nitrogen and oxygen atoms in total. The molecule has 1 aromatic carbocycles. The fourth-order valence-electron chi connectivity index (χ4n) is 4.54. The van der Waals surface area contributed by atoms with E-state index in [4.69, 9.17) is 4.74 Å². The molecule has 1 amide bonds. The number of benzene rings is 1. The van der Waals surface area contributed by atoms with Crippen LogP contribution in [-0.4, -0.2) is 44.5 Å². The first-order valence-electron chi connectivity index (χ1n) is 11.2. The number of alkyl halides is 3. The van der Waals surface area contributed by atoms with Gasteiger partial charge in [-0.05, 0) is 43.7 Å². The second-order valence-electron chi connectivity index (χ2n) is 8.82. The number of hydrogen-bond acceptors (Lipinski definition) is 6. The summed E-state index contributed by atoms with van der Waals surface area (Å²) in [5, 5.41) is 7.66. The van der Waals surface area contributed by atoms with Gasteiger partial charge in [0.2, 0.25) is 5.82 Å². The number of anilines is 2.